The van der Waals surface area contributed by atoms with Crippen LogP contribution in [0.25, 0.3) is 0 Å². The second-order valence-corrected chi connectivity index (χ2v) is 5.10. The SMILES string of the molecule is CCc1nn(CC(C)C)c(CC)c1C(N)CC. The van der Waals surface area contributed by atoms with Gasteiger partial charge < -0.3 is 5.73 Å². The van der Waals surface area contributed by atoms with Crippen LogP contribution in [0.15, 0.2) is 0 Å². The van der Waals surface area contributed by atoms with E-state index in [0.29, 0.717) is 5.92 Å². The van der Waals surface area contributed by atoms with E-state index in [-0.39, 0.29) is 6.04 Å². The van der Waals surface area contributed by atoms with Crippen molar-refractivity contribution in [3.63, 3.8) is 0 Å². The number of aromatic nitrogens is 2. The predicted molar refractivity (Wildman–Crippen MR) is 73.0 cm³/mol. The van der Waals surface area contributed by atoms with Crippen LogP contribution in [-0.4, -0.2) is 9.78 Å². The Morgan fingerprint density at radius 1 is 1.18 bits per heavy atom. The summed E-state index contributed by atoms with van der Waals surface area (Å²) in [6.07, 6.45) is 2.97. The first kappa shape index (κ1) is 14.2. The van der Waals surface area contributed by atoms with Crippen LogP contribution in [0.2, 0.25) is 0 Å². The van der Waals surface area contributed by atoms with Crippen LogP contribution >= 0.6 is 0 Å². The van der Waals surface area contributed by atoms with Gasteiger partial charge in [-0.3, -0.25) is 4.68 Å². The number of rotatable bonds is 6. The van der Waals surface area contributed by atoms with E-state index in [4.69, 9.17) is 10.8 Å². The third-order valence-electron chi connectivity index (χ3n) is 3.19. The number of hydrogen-bond donors (Lipinski definition) is 1. The van der Waals surface area contributed by atoms with Gasteiger partial charge in [-0.15, -0.1) is 0 Å². The molecule has 0 saturated carbocycles. The van der Waals surface area contributed by atoms with Gasteiger partial charge in [-0.1, -0.05) is 34.6 Å². The van der Waals surface area contributed by atoms with Crippen LogP contribution in [0.5, 0.6) is 0 Å². The lowest BCUT2D eigenvalue weighted by atomic mass is 10.00. The summed E-state index contributed by atoms with van der Waals surface area (Å²) in [4.78, 5) is 0. The molecule has 0 amide bonds. The van der Waals surface area contributed by atoms with Crippen LogP contribution in [-0.2, 0) is 19.4 Å². The van der Waals surface area contributed by atoms with Gasteiger partial charge in [-0.05, 0) is 25.2 Å². The highest BCUT2D eigenvalue weighted by Crippen LogP contribution is 2.24. The van der Waals surface area contributed by atoms with E-state index in [2.05, 4.69) is 39.3 Å². The molecule has 0 aromatic carbocycles. The van der Waals surface area contributed by atoms with Crippen LogP contribution in [0.1, 0.15) is 64.0 Å². The van der Waals surface area contributed by atoms with E-state index in [9.17, 15) is 0 Å². The first-order valence-electron chi connectivity index (χ1n) is 6.89. The first-order valence-corrected chi connectivity index (χ1v) is 6.89. The molecule has 2 N–H and O–H groups in total. The van der Waals surface area contributed by atoms with Crippen molar-refractivity contribution >= 4 is 0 Å². The summed E-state index contributed by atoms with van der Waals surface area (Å²) in [6, 6.07) is 0.140. The Balaban J connectivity index is 3.20. The van der Waals surface area contributed by atoms with E-state index in [1.54, 1.807) is 0 Å². The molecule has 1 aromatic rings. The summed E-state index contributed by atoms with van der Waals surface area (Å²) in [5, 5.41) is 4.75. The molecule has 0 spiro atoms. The second-order valence-electron chi connectivity index (χ2n) is 5.10. The van der Waals surface area contributed by atoms with Gasteiger partial charge in [0.15, 0.2) is 0 Å². The number of nitrogens with zero attached hydrogens (tertiary/aromatic N) is 2. The minimum absolute atomic E-state index is 0.140. The van der Waals surface area contributed by atoms with Crippen molar-refractivity contribution in [2.45, 2.75) is 66.5 Å². The molecule has 1 aromatic heterocycles. The molecular formula is C14H27N3. The number of hydrogen-bond acceptors (Lipinski definition) is 2. The summed E-state index contributed by atoms with van der Waals surface area (Å²) in [5.41, 5.74) is 10.1. The van der Waals surface area contributed by atoms with Crippen molar-refractivity contribution in [3.05, 3.63) is 17.0 Å². The largest absolute Gasteiger partial charge is 0.324 e. The van der Waals surface area contributed by atoms with Crippen LogP contribution in [0.4, 0.5) is 0 Å². The highest BCUT2D eigenvalue weighted by molar-refractivity contribution is 5.30. The fraction of sp³-hybridized carbons (Fsp3) is 0.786. The maximum Gasteiger partial charge on any atom is 0.0672 e. The lowest BCUT2D eigenvalue weighted by Gasteiger charge is -2.13. The van der Waals surface area contributed by atoms with Crippen LogP contribution in [0.3, 0.4) is 0 Å². The Labute approximate surface area is 105 Å². The van der Waals surface area contributed by atoms with Gasteiger partial charge in [0.1, 0.15) is 0 Å². The summed E-state index contributed by atoms with van der Waals surface area (Å²) < 4.78 is 2.17. The molecule has 1 heterocycles. The van der Waals surface area contributed by atoms with E-state index in [1.165, 1.54) is 17.0 Å². The van der Waals surface area contributed by atoms with Crippen LogP contribution in [0, 0.1) is 5.92 Å². The van der Waals surface area contributed by atoms with E-state index >= 15 is 0 Å². The predicted octanol–water partition coefficient (Wildman–Crippen LogP) is 3.07. The molecular weight excluding hydrogens is 210 g/mol. The lowest BCUT2D eigenvalue weighted by molar-refractivity contribution is 0.466. The summed E-state index contributed by atoms with van der Waals surface area (Å²) in [5.74, 6) is 0.621. The van der Waals surface area contributed by atoms with Gasteiger partial charge in [-0.25, -0.2) is 0 Å². The summed E-state index contributed by atoms with van der Waals surface area (Å²) in [6.45, 7) is 11.9. The molecule has 0 saturated heterocycles. The van der Waals surface area contributed by atoms with E-state index < -0.39 is 0 Å². The third kappa shape index (κ3) is 3.09. The van der Waals surface area contributed by atoms with Gasteiger partial charge in [0.05, 0.1) is 5.69 Å². The lowest BCUT2D eigenvalue weighted by Crippen LogP contribution is -2.14. The maximum absolute atomic E-state index is 6.24. The molecule has 3 heteroatoms. The Bertz CT molecular complexity index is 353. The molecule has 0 bridgehead atoms. The van der Waals surface area contributed by atoms with Gasteiger partial charge in [-0.2, -0.15) is 5.10 Å². The van der Waals surface area contributed by atoms with Gasteiger partial charge >= 0.3 is 0 Å². The third-order valence-corrected chi connectivity index (χ3v) is 3.19. The minimum Gasteiger partial charge on any atom is -0.324 e. The van der Waals surface area contributed by atoms with E-state index in [0.717, 1.165) is 25.8 Å². The zero-order valence-electron chi connectivity index (χ0n) is 12.0. The summed E-state index contributed by atoms with van der Waals surface area (Å²) in [7, 11) is 0. The minimum atomic E-state index is 0.140. The fourth-order valence-corrected chi connectivity index (χ4v) is 2.33. The maximum atomic E-state index is 6.24. The first-order chi connectivity index (χ1) is 8.04. The van der Waals surface area contributed by atoms with Gasteiger partial charge in [0.25, 0.3) is 0 Å². The molecule has 1 unspecified atom stereocenters. The molecule has 0 radical (unpaired) electrons. The zero-order valence-corrected chi connectivity index (χ0v) is 12.0. The van der Waals surface area contributed by atoms with Crippen molar-refractivity contribution in [2.24, 2.45) is 11.7 Å². The molecule has 17 heavy (non-hydrogen) atoms. The number of nitrogens with two attached hydrogens (primary N) is 1. The molecule has 98 valence electrons. The average Bonchev–Trinajstić information content (AvgIpc) is 2.64. The highest BCUT2D eigenvalue weighted by Gasteiger charge is 2.20. The molecule has 1 atom stereocenters. The quantitative estimate of drug-likeness (QED) is 0.826. The van der Waals surface area contributed by atoms with Crippen molar-refractivity contribution < 1.29 is 0 Å². The smallest absolute Gasteiger partial charge is 0.0672 e. The molecule has 0 fully saturated rings. The van der Waals surface area contributed by atoms with Crippen LogP contribution < -0.4 is 5.73 Å². The Kier molecular flexibility index (Phi) is 5.19. The molecule has 0 aliphatic carbocycles. The molecule has 1 rings (SSSR count). The molecule has 3 nitrogen and oxygen atoms in total. The average molecular weight is 237 g/mol. The van der Waals surface area contributed by atoms with Crippen molar-refractivity contribution in [3.8, 4) is 0 Å². The Morgan fingerprint density at radius 2 is 1.82 bits per heavy atom. The van der Waals surface area contributed by atoms with Crippen molar-refractivity contribution in [1.29, 1.82) is 0 Å². The molecule has 0 aliphatic heterocycles. The summed E-state index contributed by atoms with van der Waals surface area (Å²) >= 11 is 0. The Hall–Kier alpha value is -0.830. The zero-order chi connectivity index (χ0) is 13.0. The van der Waals surface area contributed by atoms with Gasteiger partial charge in [0.2, 0.25) is 0 Å². The monoisotopic (exact) mass is 237 g/mol. The van der Waals surface area contributed by atoms with Gasteiger partial charge in [0, 0.05) is 23.8 Å². The fourth-order valence-electron chi connectivity index (χ4n) is 2.33. The van der Waals surface area contributed by atoms with Crippen molar-refractivity contribution in [2.75, 3.05) is 0 Å². The topological polar surface area (TPSA) is 43.8 Å². The molecule has 0 aliphatic rings. The van der Waals surface area contributed by atoms with Crippen molar-refractivity contribution in [1.82, 2.24) is 9.78 Å². The number of aryl methyl sites for hydroxylation is 1. The van der Waals surface area contributed by atoms with E-state index in [1.807, 2.05) is 0 Å². The Morgan fingerprint density at radius 3 is 2.24 bits per heavy atom. The standard InChI is InChI=1S/C14H27N3/c1-6-11(15)14-12(7-2)16-17(9-10(4)5)13(14)8-3/h10-11H,6-9,15H2,1-5H3. The highest BCUT2D eigenvalue weighted by atomic mass is 15.3. The normalized spacial score (nSPS) is 13.4. The second kappa shape index (κ2) is 6.20.